The van der Waals surface area contributed by atoms with Gasteiger partial charge in [0.15, 0.2) is 10.8 Å². The number of carbonyl (C=O) groups is 3. The van der Waals surface area contributed by atoms with Crippen molar-refractivity contribution in [2.24, 2.45) is 5.16 Å². The largest absolute Gasteiger partial charge is 0.477 e. The Hall–Kier alpha value is -2.64. The summed E-state index contributed by atoms with van der Waals surface area (Å²) < 4.78 is 0. The SMILES string of the molecule is CO/N=C(\C(=O)N[C@H]1C(=O)N2C(C(=O)O)=C(CO)CS[C@@H]12)c1csc(N)n1. The number of carboxylic acids is 1. The number of nitrogens with one attached hydrogen (secondary N) is 1. The van der Waals surface area contributed by atoms with Crippen molar-refractivity contribution >= 4 is 51.7 Å². The summed E-state index contributed by atoms with van der Waals surface area (Å²) in [4.78, 5) is 46.2. The Morgan fingerprint density at radius 3 is 2.85 bits per heavy atom. The standard InChI is InChI=1S/C14H15N5O6S2/c1-25-18-7(6-4-27-14(15)16-6)10(21)17-8-11(22)19-9(13(23)24)5(2-20)3-26-12(8)19/h4,8,12,20H,2-3H2,1H3,(H2,15,16)(H,17,21)(H,23,24)/b18-7-/t8-,12-/m0/s1. The molecule has 0 unspecified atom stereocenters. The molecule has 1 aromatic rings. The van der Waals surface area contributed by atoms with Crippen molar-refractivity contribution in [1.82, 2.24) is 15.2 Å². The van der Waals surface area contributed by atoms with Gasteiger partial charge in [-0.25, -0.2) is 9.78 Å². The Balaban J connectivity index is 1.79. The van der Waals surface area contributed by atoms with Crippen LogP contribution in [0.15, 0.2) is 21.8 Å². The number of anilines is 1. The van der Waals surface area contributed by atoms with Crippen LogP contribution in [0.1, 0.15) is 5.69 Å². The molecular formula is C14H15N5O6S2. The van der Waals surface area contributed by atoms with Crippen molar-refractivity contribution < 1.29 is 29.4 Å². The van der Waals surface area contributed by atoms with Crippen LogP contribution in [0.3, 0.4) is 0 Å². The van der Waals surface area contributed by atoms with Crippen LogP contribution in [0.5, 0.6) is 0 Å². The van der Waals surface area contributed by atoms with E-state index in [0.717, 1.165) is 16.2 Å². The number of hydrogen-bond donors (Lipinski definition) is 4. The van der Waals surface area contributed by atoms with Crippen LogP contribution >= 0.6 is 23.1 Å². The van der Waals surface area contributed by atoms with Crippen molar-refractivity contribution in [3.8, 4) is 0 Å². The van der Waals surface area contributed by atoms with Crippen LogP contribution in [0.4, 0.5) is 5.13 Å². The number of oxime groups is 1. The van der Waals surface area contributed by atoms with Gasteiger partial charge in [0.25, 0.3) is 11.8 Å². The van der Waals surface area contributed by atoms with Gasteiger partial charge < -0.3 is 26.1 Å². The van der Waals surface area contributed by atoms with E-state index in [1.54, 1.807) is 0 Å². The molecule has 3 heterocycles. The third-order valence-electron chi connectivity index (χ3n) is 3.89. The van der Waals surface area contributed by atoms with Gasteiger partial charge in [0, 0.05) is 11.1 Å². The van der Waals surface area contributed by atoms with E-state index in [4.69, 9.17) is 5.73 Å². The highest BCUT2D eigenvalue weighted by molar-refractivity contribution is 8.00. The third-order valence-corrected chi connectivity index (χ3v) is 5.90. The van der Waals surface area contributed by atoms with Gasteiger partial charge in [-0.05, 0) is 5.57 Å². The quantitative estimate of drug-likeness (QED) is 0.254. The number of aromatic nitrogens is 1. The molecule has 0 saturated carbocycles. The molecule has 2 atom stereocenters. The van der Waals surface area contributed by atoms with Crippen LogP contribution in [-0.2, 0) is 19.2 Å². The summed E-state index contributed by atoms with van der Waals surface area (Å²) in [5.74, 6) is -2.35. The smallest absolute Gasteiger partial charge is 0.352 e. The summed E-state index contributed by atoms with van der Waals surface area (Å²) in [6.07, 6.45) is 0. The van der Waals surface area contributed by atoms with Crippen LogP contribution < -0.4 is 11.1 Å². The molecule has 27 heavy (non-hydrogen) atoms. The number of rotatable bonds is 6. The molecule has 0 spiro atoms. The highest BCUT2D eigenvalue weighted by atomic mass is 32.2. The number of aliphatic carboxylic acids is 1. The second-order valence-electron chi connectivity index (χ2n) is 5.47. The van der Waals surface area contributed by atoms with Crippen molar-refractivity contribution in [1.29, 1.82) is 0 Å². The van der Waals surface area contributed by atoms with Gasteiger partial charge in [0.2, 0.25) is 0 Å². The van der Waals surface area contributed by atoms with Gasteiger partial charge in [-0.2, -0.15) is 0 Å². The lowest BCUT2D eigenvalue weighted by Crippen LogP contribution is -2.71. The van der Waals surface area contributed by atoms with Crippen molar-refractivity contribution in [3.05, 3.63) is 22.3 Å². The number of nitrogens with zero attached hydrogens (tertiary/aromatic N) is 3. The molecule has 2 aliphatic rings. The van der Waals surface area contributed by atoms with E-state index in [-0.39, 0.29) is 33.6 Å². The first-order chi connectivity index (χ1) is 12.9. The summed E-state index contributed by atoms with van der Waals surface area (Å²) in [5.41, 5.74) is 5.62. The molecule has 11 nitrogen and oxygen atoms in total. The minimum absolute atomic E-state index is 0.150. The number of nitrogen functional groups attached to an aromatic ring is 1. The number of β-lactam (4-membered cyclic amide) rings is 1. The lowest BCUT2D eigenvalue weighted by Gasteiger charge is -2.49. The van der Waals surface area contributed by atoms with E-state index in [1.165, 1.54) is 24.3 Å². The molecule has 0 aromatic carbocycles. The molecule has 1 aromatic heterocycles. The highest BCUT2D eigenvalue weighted by Crippen LogP contribution is 2.40. The molecule has 2 amide bonds. The zero-order chi connectivity index (χ0) is 19.7. The summed E-state index contributed by atoms with van der Waals surface area (Å²) in [6.45, 7) is -0.460. The predicted molar refractivity (Wildman–Crippen MR) is 96.8 cm³/mol. The maximum absolute atomic E-state index is 12.6. The fraction of sp³-hybridized carbons (Fsp3) is 0.357. The number of aliphatic hydroxyl groups excluding tert-OH is 1. The summed E-state index contributed by atoms with van der Waals surface area (Å²) >= 11 is 2.37. The van der Waals surface area contributed by atoms with Gasteiger partial charge in [-0.3, -0.25) is 14.5 Å². The van der Waals surface area contributed by atoms with E-state index in [0.29, 0.717) is 0 Å². The number of thioether (sulfide) groups is 1. The molecule has 13 heteroatoms. The van der Waals surface area contributed by atoms with Crippen LogP contribution in [0, 0.1) is 0 Å². The monoisotopic (exact) mass is 413 g/mol. The van der Waals surface area contributed by atoms with Crippen molar-refractivity contribution in [2.45, 2.75) is 11.4 Å². The van der Waals surface area contributed by atoms with Gasteiger partial charge in [-0.15, -0.1) is 23.1 Å². The topological polar surface area (TPSA) is 167 Å². The Bertz CT molecular complexity index is 866. The number of thiazole rings is 1. The number of fused-ring (bicyclic) bond motifs is 1. The van der Waals surface area contributed by atoms with E-state index < -0.39 is 35.8 Å². The lowest BCUT2D eigenvalue weighted by atomic mass is 10.0. The minimum atomic E-state index is -1.30. The summed E-state index contributed by atoms with van der Waals surface area (Å²) in [6, 6.07) is -0.935. The van der Waals surface area contributed by atoms with E-state index in [9.17, 15) is 24.6 Å². The molecule has 1 fully saturated rings. The Kier molecular flexibility index (Phi) is 5.34. The van der Waals surface area contributed by atoms with Gasteiger partial charge in [0.05, 0.1) is 6.61 Å². The number of carboxylic acid groups (broad SMARTS) is 1. The normalized spacial score (nSPS) is 22.2. The molecule has 0 bridgehead atoms. The summed E-state index contributed by atoms with van der Waals surface area (Å²) in [7, 11) is 1.26. The van der Waals surface area contributed by atoms with Gasteiger partial charge in [0.1, 0.15) is 29.9 Å². The molecule has 144 valence electrons. The van der Waals surface area contributed by atoms with E-state index >= 15 is 0 Å². The molecule has 0 radical (unpaired) electrons. The number of hydrogen-bond acceptors (Lipinski definition) is 10. The number of amides is 2. The van der Waals surface area contributed by atoms with Crippen LogP contribution in [-0.4, -0.2) is 74.5 Å². The maximum atomic E-state index is 12.6. The van der Waals surface area contributed by atoms with Gasteiger partial charge in [-0.1, -0.05) is 5.16 Å². The Morgan fingerprint density at radius 1 is 1.56 bits per heavy atom. The maximum Gasteiger partial charge on any atom is 0.352 e. The number of nitrogens with two attached hydrogens (primary N) is 1. The fourth-order valence-electron chi connectivity index (χ4n) is 2.71. The minimum Gasteiger partial charge on any atom is -0.477 e. The van der Waals surface area contributed by atoms with Crippen molar-refractivity contribution in [3.63, 3.8) is 0 Å². The average molecular weight is 413 g/mol. The second kappa shape index (κ2) is 7.54. The van der Waals surface area contributed by atoms with Crippen molar-refractivity contribution in [2.75, 3.05) is 25.2 Å². The molecule has 5 N–H and O–H groups in total. The molecule has 2 aliphatic heterocycles. The first-order valence-corrected chi connectivity index (χ1v) is 9.46. The number of carbonyl (C=O) groups excluding carboxylic acids is 2. The van der Waals surface area contributed by atoms with E-state index in [1.807, 2.05) is 0 Å². The second-order valence-corrected chi connectivity index (χ2v) is 7.46. The predicted octanol–water partition coefficient (Wildman–Crippen LogP) is -1.19. The Morgan fingerprint density at radius 2 is 2.30 bits per heavy atom. The zero-order valence-corrected chi connectivity index (χ0v) is 15.5. The third kappa shape index (κ3) is 3.36. The van der Waals surface area contributed by atoms with Gasteiger partial charge >= 0.3 is 5.97 Å². The van der Waals surface area contributed by atoms with Crippen LogP contribution in [0.2, 0.25) is 0 Å². The van der Waals surface area contributed by atoms with E-state index in [2.05, 4.69) is 20.3 Å². The molecule has 0 aliphatic carbocycles. The first kappa shape index (κ1) is 19.1. The molecule has 3 rings (SSSR count). The Labute approximate surface area is 160 Å². The summed E-state index contributed by atoms with van der Waals surface area (Å²) in [5, 5.41) is 26.0. The lowest BCUT2D eigenvalue weighted by molar-refractivity contribution is -0.150. The zero-order valence-electron chi connectivity index (χ0n) is 13.9. The highest BCUT2D eigenvalue weighted by Gasteiger charge is 2.54. The number of aliphatic hydroxyl groups is 1. The fourth-order valence-corrected chi connectivity index (χ4v) is 4.59. The molecular weight excluding hydrogens is 398 g/mol. The average Bonchev–Trinajstić information content (AvgIpc) is 3.08. The molecule has 1 saturated heterocycles. The van der Waals surface area contributed by atoms with Crippen LogP contribution in [0.25, 0.3) is 0 Å². The first-order valence-electron chi connectivity index (χ1n) is 7.53.